The van der Waals surface area contributed by atoms with Crippen molar-refractivity contribution in [2.45, 2.75) is 18.9 Å². The fourth-order valence-corrected chi connectivity index (χ4v) is 2.48. The van der Waals surface area contributed by atoms with E-state index in [1.54, 1.807) is 31.2 Å². The molecule has 19 heavy (non-hydrogen) atoms. The first-order valence-electron chi connectivity index (χ1n) is 5.88. The number of halogens is 3. The molecule has 0 amide bonds. The molecular weight excluding hydrogens is 312 g/mol. The van der Waals surface area contributed by atoms with Crippen molar-refractivity contribution >= 4 is 15.9 Å². The number of rotatable bonds is 3. The van der Waals surface area contributed by atoms with Gasteiger partial charge < -0.3 is 5.73 Å². The Morgan fingerprint density at radius 3 is 2.53 bits per heavy atom. The van der Waals surface area contributed by atoms with Gasteiger partial charge in [-0.25, -0.2) is 8.78 Å². The number of benzene rings is 2. The van der Waals surface area contributed by atoms with Gasteiger partial charge in [-0.15, -0.1) is 0 Å². The smallest absolute Gasteiger partial charge is 0.128 e. The van der Waals surface area contributed by atoms with Gasteiger partial charge in [0.05, 0.1) is 0 Å². The lowest BCUT2D eigenvalue weighted by Gasteiger charge is -2.26. The molecule has 0 saturated carbocycles. The molecule has 0 spiro atoms. The summed E-state index contributed by atoms with van der Waals surface area (Å²) in [7, 11) is 0. The van der Waals surface area contributed by atoms with Crippen LogP contribution in [0, 0.1) is 11.6 Å². The highest BCUT2D eigenvalue weighted by Crippen LogP contribution is 2.28. The molecule has 0 saturated heterocycles. The van der Waals surface area contributed by atoms with Crippen LogP contribution < -0.4 is 5.73 Å². The molecule has 0 aliphatic heterocycles. The molecule has 1 atom stereocenters. The first-order chi connectivity index (χ1) is 8.90. The third-order valence-corrected chi connectivity index (χ3v) is 3.83. The lowest BCUT2D eigenvalue weighted by Crippen LogP contribution is -2.36. The maximum Gasteiger partial charge on any atom is 0.128 e. The van der Waals surface area contributed by atoms with Crippen LogP contribution in [0.25, 0.3) is 0 Å². The first-order valence-corrected chi connectivity index (χ1v) is 6.67. The average molecular weight is 326 g/mol. The highest BCUT2D eigenvalue weighted by Gasteiger charge is 2.25. The van der Waals surface area contributed by atoms with E-state index in [0.717, 1.165) is 4.47 Å². The molecule has 4 heteroatoms. The first kappa shape index (κ1) is 14.2. The van der Waals surface area contributed by atoms with E-state index in [1.165, 1.54) is 18.2 Å². The molecule has 0 aromatic heterocycles. The zero-order chi connectivity index (χ0) is 14.0. The molecule has 0 fully saturated rings. The summed E-state index contributed by atoms with van der Waals surface area (Å²) in [5, 5.41) is 0. The van der Waals surface area contributed by atoms with Crippen molar-refractivity contribution in [3.8, 4) is 0 Å². The normalized spacial score (nSPS) is 14.2. The predicted octanol–water partition coefficient (Wildman–Crippen LogP) is 4.14. The highest BCUT2D eigenvalue weighted by atomic mass is 79.9. The monoisotopic (exact) mass is 325 g/mol. The van der Waals surface area contributed by atoms with Crippen molar-refractivity contribution in [2.24, 2.45) is 5.73 Å². The molecule has 100 valence electrons. The minimum absolute atomic E-state index is 0.331. The van der Waals surface area contributed by atoms with Crippen LogP contribution >= 0.6 is 15.9 Å². The van der Waals surface area contributed by atoms with E-state index in [1.807, 2.05) is 0 Å². The van der Waals surface area contributed by atoms with E-state index in [0.29, 0.717) is 17.5 Å². The third kappa shape index (κ3) is 3.19. The Hall–Kier alpha value is -1.26. The van der Waals surface area contributed by atoms with Gasteiger partial charge >= 0.3 is 0 Å². The summed E-state index contributed by atoms with van der Waals surface area (Å²) in [6.07, 6.45) is 0.340. The summed E-state index contributed by atoms with van der Waals surface area (Å²) in [5.74, 6) is -0.678. The lowest BCUT2D eigenvalue weighted by atomic mass is 9.86. The van der Waals surface area contributed by atoms with E-state index in [-0.39, 0.29) is 11.6 Å². The fourth-order valence-electron chi connectivity index (χ4n) is 2.09. The molecule has 2 aromatic carbocycles. The van der Waals surface area contributed by atoms with E-state index in [4.69, 9.17) is 5.73 Å². The summed E-state index contributed by atoms with van der Waals surface area (Å²) in [5.41, 5.74) is 6.44. The molecule has 1 unspecified atom stereocenters. The molecule has 2 aromatic rings. The van der Waals surface area contributed by atoms with Crippen LogP contribution in [0.5, 0.6) is 0 Å². The van der Waals surface area contributed by atoms with Crippen LogP contribution in [0.3, 0.4) is 0 Å². The molecule has 2 rings (SSSR count). The number of hydrogen-bond donors (Lipinski definition) is 1. The standard InChI is InChI=1S/C15H14BrF2N/c1-15(19,12-4-2-3-5-14(12)18)9-10-8-11(17)6-7-13(10)16/h2-8H,9,19H2,1H3. The van der Waals surface area contributed by atoms with Crippen molar-refractivity contribution in [3.05, 3.63) is 69.7 Å². The summed E-state index contributed by atoms with van der Waals surface area (Å²) >= 11 is 3.36. The zero-order valence-corrected chi connectivity index (χ0v) is 12.0. The van der Waals surface area contributed by atoms with Gasteiger partial charge in [0, 0.05) is 15.6 Å². The summed E-state index contributed by atoms with van der Waals surface area (Å²) in [6.45, 7) is 1.74. The molecule has 0 aliphatic carbocycles. The largest absolute Gasteiger partial charge is 0.321 e. The minimum atomic E-state index is -0.901. The number of nitrogens with two attached hydrogens (primary N) is 1. The van der Waals surface area contributed by atoms with E-state index < -0.39 is 5.54 Å². The van der Waals surface area contributed by atoms with Crippen LogP contribution in [0.2, 0.25) is 0 Å². The summed E-state index contributed by atoms with van der Waals surface area (Å²) in [6, 6.07) is 10.8. The summed E-state index contributed by atoms with van der Waals surface area (Å²) < 4.78 is 27.8. The zero-order valence-electron chi connectivity index (χ0n) is 10.5. The maximum atomic E-state index is 13.8. The van der Waals surface area contributed by atoms with Gasteiger partial charge in [0.1, 0.15) is 11.6 Å². The molecule has 2 N–H and O–H groups in total. The van der Waals surface area contributed by atoms with Crippen LogP contribution in [-0.4, -0.2) is 0 Å². The molecular formula is C15H14BrF2N. The van der Waals surface area contributed by atoms with Crippen molar-refractivity contribution < 1.29 is 8.78 Å². The van der Waals surface area contributed by atoms with Crippen LogP contribution in [0.1, 0.15) is 18.1 Å². The second-order valence-corrected chi connectivity index (χ2v) is 5.66. The Bertz CT molecular complexity index is 596. The minimum Gasteiger partial charge on any atom is -0.321 e. The Kier molecular flexibility index (Phi) is 4.02. The predicted molar refractivity (Wildman–Crippen MR) is 75.7 cm³/mol. The molecule has 0 aliphatic rings. The van der Waals surface area contributed by atoms with E-state index >= 15 is 0 Å². The second kappa shape index (κ2) is 5.39. The maximum absolute atomic E-state index is 13.8. The van der Waals surface area contributed by atoms with Crippen molar-refractivity contribution in [2.75, 3.05) is 0 Å². The van der Waals surface area contributed by atoms with Gasteiger partial charge in [-0.05, 0) is 43.2 Å². The Morgan fingerprint density at radius 1 is 1.16 bits per heavy atom. The molecule has 1 nitrogen and oxygen atoms in total. The van der Waals surface area contributed by atoms with Crippen LogP contribution in [0.15, 0.2) is 46.9 Å². The van der Waals surface area contributed by atoms with Crippen LogP contribution in [-0.2, 0) is 12.0 Å². The quantitative estimate of drug-likeness (QED) is 0.901. The van der Waals surface area contributed by atoms with Gasteiger partial charge in [0.2, 0.25) is 0 Å². The van der Waals surface area contributed by atoms with Crippen molar-refractivity contribution in [1.29, 1.82) is 0 Å². The Labute approximate surface area is 119 Å². The topological polar surface area (TPSA) is 26.0 Å². The second-order valence-electron chi connectivity index (χ2n) is 4.81. The number of hydrogen-bond acceptors (Lipinski definition) is 1. The summed E-state index contributed by atoms with van der Waals surface area (Å²) in [4.78, 5) is 0. The Balaban J connectivity index is 2.36. The van der Waals surface area contributed by atoms with Crippen molar-refractivity contribution in [3.63, 3.8) is 0 Å². The fraction of sp³-hybridized carbons (Fsp3) is 0.200. The average Bonchev–Trinajstić information content (AvgIpc) is 2.34. The lowest BCUT2D eigenvalue weighted by molar-refractivity contribution is 0.455. The molecule has 0 bridgehead atoms. The SMILES string of the molecule is CC(N)(Cc1cc(F)ccc1Br)c1ccccc1F. The van der Waals surface area contributed by atoms with E-state index in [9.17, 15) is 8.78 Å². The van der Waals surface area contributed by atoms with Gasteiger partial charge in [0.15, 0.2) is 0 Å². The van der Waals surface area contributed by atoms with Gasteiger partial charge in [-0.1, -0.05) is 34.1 Å². The highest BCUT2D eigenvalue weighted by molar-refractivity contribution is 9.10. The van der Waals surface area contributed by atoms with Gasteiger partial charge in [-0.2, -0.15) is 0 Å². The van der Waals surface area contributed by atoms with Gasteiger partial charge in [-0.3, -0.25) is 0 Å². The third-order valence-electron chi connectivity index (χ3n) is 3.05. The van der Waals surface area contributed by atoms with E-state index in [2.05, 4.69) is 15.9 Å². The van der Waals surface area contributed by atoms with Gasteiger partial charge in [0.25, 0.3) is 0 Å². The van der Waals surface area contributed by atoms with Crippen molar-refractivity contribution in [1.82, 2.24) is 0 Å². The Morgan fingerprint density at radius 2 is 1.84 bits per heavy atom. The molecule has 0 heterocycles. The molecule has 0 radical (unpaired) electrons. The van der Waals surface area contributed by atoms with Crippen LogP contribution in [0.4, 0.5) is 8.78 Å².